The van der Waals surface area contributed by atoms with Crippen molar-refractivity contribution in [1.82, 2.24) is 15.5 Å². The number of benzene rings is 1. The number of nitrogens with zero attached hydrogens (tertiary/aromatic N) is 1. The zero-order valence-electron chi connectivity index (χ0n) is 13.2. The summed E-state index contributed by atoms with van der Waals surface area (Å²) in [6, 6.07) is 7.53. The van der Waals surface area contributed by atoms with Crippen LogP contribution in [0.3, 0.4) is 0 Å². The van der Waals surface area contributed by atoms with Gasteiger partial charge in [0.1, 0.15) is 0 Å². The Hall–Kier alpha value is -0.810. The van der Waals surface area contributed by atoms with Gasteiger partial charge in [-0.25, -0.2) is 0 Å². The zero-order valence-corrected chi connectivity index (χ0v) is 14.8. The first kappa shape index (κ1) is 19.2. The third kappa shape index (κ3) is 4.85. The van der Waals surface area contributed by atoms with Gasteiger partial charge in [0.15, 0.2) is 0 Å². The maximum Gasteiger partial charge on any atom is 0.230 e. The monoisotopic (exact) mass is 345 g/mol. The van der Waals surface area contributed by atoms with Crippen LogP contribution in [0.15, 0.2) is 24.3 Å². The van der Waals surface area contributed by atoms with Gasteiger partial charge in [-0.1, -0.05) is 29.8 Å². The fourth-order valence-corrected chi connectivity index (χ4v) is 2.95. The average molecular weight is 346 g/mol. The molecule has 124 valence electrons. The molecule has 0 unspecified atom stereocenters. The van der Waals surface area contributed by atoms with Gasteiger partial charge < -0.3 is 10.6 Å². The molecule has 2 N–H and O–H groups in total. The molecule has 1 amide bonds. The summed E-state index contributed by atoms with van der Waals surface area (Å²) in [5.41, 5.74) is 0.244. The van der Waals surface area contributed by atoms with Crippen LogP contribution >= 0.6 is 24.0 Å². The summed E-state index contributed by atoms with van der Waals surface area (Å²) in [6.45, 7) is 9.53. The Balaban J connectivity index is 0.00000242. The Morgan fingerprint density at radius 3 is 2.59 bits per heavy atom. The fraction of sp³-hybridized carbons (Fsp3) is 0.562. The minimum atomic E-state index is -0.623. The second kappa shape index (κ2) is 8.73. The summed E-state index contributed by atoms with van der Waals surface area (Å²) in [4.78, 5) is 14.8. The second-order valence-corrected chi connectivity index (χ2v) is 6.36. The van der Waals surface area contributed by atoms with Crippen LogP contribution < -0.4 is 10.6 Å². The van der Waals surface area contributed by atoms with E-state index in [4.69, 9.17) is 11.6 Å². The molecule has 0 atom stereocenters. The van der Waals surface area contributed by atoms with E-state index in [1.54, 1.807) is 0 Å². The highest BCUT2D eigenvalue weighted by atomic mass is 35.5. The molecule has 1 aliphatic rings. The van der Waals surface area contributed by atoms with Gasteiger partial charge >= 0.3 is 0 Å². The van der Waals surface area contributed by atoms with Crippen molar-refractivity contribution >= 4 is 29.9 Å². The molecule has 1 aromatic rings. The van der Waals surface area contributed by atoms with Crippen LogP contribution in [0.2, 0.25) is 5.02 Å². The van der Waals surface area contributed by atoms with Crippen LogP contribution in [0.4, 0.5) is 0 Å². The molecule has 1 fully saturated rings. The first-order valence-electron chi connectivity index (χ1n) is 7.48. The predicted octanol–water partition coefficient (Wildman–Crippen LogP) is 2.06. The Kier molecular flexibility index (Phi) is 7.63. The van der Waals surface area contributed by atoms with Crippen LogP contribution in [-0.4, -0.2) is 50.1 Å². The van der Waals surface area contributed by atoms with Crippen molar-refractivity contribution in [3.63, 3.8) is 0 Å². The topological polar surface area (TPSA) is 44.4 Å². The van der Waals surface area contributed by atoms with Crippen molar-refractivity contribution in [3.05, 3.63) is 34.9 Å². The molecule has 0 radical (unpaired) electrons. The molecule has 1 heterocycles. The standard InChI is InChI=1S/C16H24ClN3O.ClH/c1-16(2,13-5-3-4-6-14(13)17)15(21)19-9-12-20-10-7-18-8-11-20;/h3-6,18H,7-12H2,1-2H3,(H,19,21);1H. The lowest BCUT2D eigenvalue weighted by molar-refractivity contribution is -0.125. The lowest BCUT2D eigenvalue weighted by Gasteiger charge is -2.29. The molecule has 22 heavy (non-hydrogen) atoms. The van der Waals surface area contributed by atoms with Crippen LogP contribution in [0.25, 0.3) is 0 Å². The second-order valence-electron chi connectivity index (χ2n) is 5.95. The van der Waals surface area contributed by atoms with E-state index in [9.17, 15) is 4.79 Å². The summed E-state index contributed by atoms with van der Waals surface area (Å²) in [7, 11) is 0. The highest BCUT2D eigenvalue weighted by Crippen LogP contribution is 2.29. The van der Waals surface area contributed by atoms with E-state index in [0.29, 0.717) is 11.6 Å². The van der Waals surface area contributed by atoms with Gasteiger partial charge in [-0.2, -0.15) is 0 Å². The molecule has 0 aromatic heterocycles. The fourth-order valence-electron chi connectivity index (χ4n) is 2.57. The Labute approximate surface area is 144 Å². The number of piperazine rings is 1. The van der Waals surface area contributed by atoms with Gasteiger partial charge in [0.2, 0.25) is 5.91 Å². The molecular weight excluding hydrogens is 321 g/mol. The summed E-state index contributed by atoms with van der Waals surface area (Å²) in [5, 5.41) is 7.00. The quantitative estimate of drug-likeness (QED) is 0.858. The van der Waals surface area contributed by atoms with Crippen molar-refractivity contribution in [2.24, 2.45) is 0 Å². The van der Waals surface area contributed by atoms with E-state index in [-0.39, 0.29) is 18.3 Å². The van der Waals surface area contributed by atoms with Gasteiger partial charge in [-0.15, -0.1) is 12.4 Å². The van der Waals surface area contributed by atoms with Crippen LogP contribution in [0, 0.1) is 0 Å². The summed E-state index contributed by atoms with van der Waals surface area (Å²) < 4.78 is 0. The third-order valence-corrected chi connectivity index (χ3v) is 4.37. The minimum absolute atomic E-state index is 0. The molecule has 1 saturated heterocycles. The van der Waals surface area contributed by atoms with E-state index in [1.165, 1.54) is 0 Å². The summed E-state index contributed by atoms with van der Waals surface area (Å²) >= 11 is 6.21. The minimum Gasteiger partial charge on any atom is -0.354 e. The number of halogens is 2. The number of rotatable bonds is 5. The van der Waals surface area contributed by atoms with Crippen LogP contribution in [-0.2, 0) is 10.2 Å². The first-order chi connectivity index (χ1) is 10.0. The number of nitrogens with one attached hydrogen (secondary N) is 2. The smallest absolute Gasteiger partial charge is 0.230 e. The van der Waals surface area contributed by atoms with Crippen LogP contribution in [0.1, 0.15) is 19.4 Å². The highest BCUT2D eigenvalue weighted by Gasteiger charge is 2.31. The third-order valence-electron chi connectivity index (χ3n) is 4.04. The molecule has 0 aliphatic carbocycles. The average Bonchev–Trinajstić information content (AvgIpc) is 2.48. The Morgan fingerprint density at radius 2 is 1.95 bits per heavy atom. The van der Waals surface area contributed by atoms with Gasteiger partial charge in [-0.3, -0.25) is 9.69 Å². The van der Waals surface area contributed by atoms with Crippen molar-refractivity contribution in [2.75, 3.05) is 39.3 Å². The van der Waals surface area contributed by atoms with Gasteiger partial charge in [0.05, 0.1) is 5.41 Å². The first-order valence-corrected chi connectivity index (χ1v) is 7.86. The highest BCUT2D eigenvalue weighted by molar-refractivity contribution is 6.31. The Morgan fingerprint density at radius 1 is 1.32 bits per heavy atom. The summed E-state index contributed by atoms with van der Waals surface area (Å²) in [6.07, 6.45) is 0. The van der Waals surface area contributed by atoms with Gasteiger partial charge in [0.25, 0.3) is 0 Å². The van der Waals surface area contributed by atoms with E-state index in [1.807, 2.05) is 38.1 Å². The SMILES string of the molecule is CC(C)(C(=O)NCCN1CCNCC1)c1ccccc1Cl.Cl. The molecule has 0 spiro atoms. The molecule has 2 rings (SSSR count). The van der Waals surface area contributed by atoms with Crippen molar-refractivity contribution in [3.8, 4) is 0 Å². The molecule has 6 heteroatoms. The maximum atomic E-state index is 12.5. The number of carbonyl (C=O) groups excluding carboxylic acids is 1. The Bertz CT molecular complexity index is 488. The van der Waals surface area contributed by atoms with Gasteiger partial charge in [-0.05, 0) is 25.5 Å². The lowest BCUT2D eigenvalue weighted by Crippen LogP contribution is -2.48. The van der Waals surface area contributed by atoms with Crippen molar-refractivity contribution < 1.29 is 4.79 Å². The van der Waals surface area contributed by atoms with Crippen LogP contribution in [0.5, 0.6) is 0 Å². The number of amides is 1. The molecule has 1 aliphatic heterocycles. The molecule has 1 aromatic carbocycles. The van der Waals surface area contributed by atoms with Crippen molar-refractivity contribution in [1.29, 1.82) is 0 Å². The zero-order chi connectivity index (χ0) is 15.3. The number of hydrogen-bond acceptors (Lipinski definition) is 3. The molecule has 4 nitrogen and oxygen atoms in total. The van der Waals surface area contributed by atoms with E-state index >= 15 is 0 Å². The predicted molar refractivity (Wildman–Crippen MR) is 94.0 cm³/mol. The number of hydrogen-bond donors (Lipinski definition) is 2. The number of carbonyl (C=O) groups is 1. The largest absolute Gasteiger partial charge is 0.354 e. The van der Waals surface area contributed by atoms with E-state index in [2.05, 4.69) is 15.5 Å². The van der Waals surface area contributed by atoms with E-state index < -0.39 is 5.41 Å². The lowest BCUT2D eigenvalue weighted by atomic mass is 9.83. The summed E-state index contributed by atoms with van der Waals surface area (Å²) in [5.74, 6) is 0.0192. The molecule has 0 saturated carbocycles. The normalized spacial score (nSPS) is 16.0. The molecule has 0 bridgehead atoms. The van der Waals surface area contributed by atoms with E-state index in [0.717, 1.165) is 38.3 Å². The van der Waals surface area contributed by atoms with Crippen molar-refractivity contribution in [2.45, 2.75) is 19.3 Å². The maximum absolute atomic E-state index is 12.5. The molecular formula is C16H25Cl2N3O. The van der Waals surface area contributed by atoms with Gasteiger partial charge in [0, 0.05) is 44.3 Å².